The number of ether oxygens (including phenoxy) is 4. The number of benzene rings is 2. The van der Waals surface area contributed by atoms with Gasteiger partial charge in [0, 0.05) is 36.3 Å². The molecule has 226 valence electrons. The molecule has 41 heavy (non-hydrogen) atoms. The topological polar surface area (TPSA) is 92.7 Å². The molecular weight excluding hydrogens is 543 g/mol. The third-order valence-electron chi connectivity index (χ3n) is 8.66. The molecule has 1 unspecified atom stereocenters. The molecule has 1 saturated heterocycles. The van der Waals surface area contributed by atoms with Crippen LogP contribution in [0.2, 0.25) is 0 Å². The number of hydrogen-bond acceptors (Lipinski definition) is 8. The predicted molar refractivity (Wildman–Crippen MR) is 157 cm³/mol. The standard InChI is InChI=1S/C32H45O8P/c1-6-37-41(34,38-7-2)30-27(39-22(3)12-11-15-23-13-9-8-10-14-23)20-26-28(29(30)33)24-21-32(35-18-19-36-32)17-16-25(24)31(4,5)40-26/h8-10,13-14,20,22,24-25,33H,6-7,11-12,15-19,21H2,1-5H3/t22?,24-,25-/m1/s1. The lowest BCUT2D eigenvalue weighted by molar-refractivity contribution is -0.198. The van der Waals surface area contributed by atoms with Gasteiger partial charge in [0.2, 0.25) is 0 Å². The van der Waals surface area contributed by atoms with E-state index in [1.54, 1.807) is 19.9 Å². The average Bonchev–Trinajstić information content (AvgIpc) is 3.36. The Morgan fingerprint density at radius 2 is 1.78 bits per heavy atom. The molecule has 2 fully saturated rings. The molecule has 5 rings (SSSR count). The molecule has 1 N–H and O–H groups in total. The first-order valence-corrected chi connectivity index (χ1v) is 16.6. The molecule has 0 aromatic heterocycles. The minimum Gasteiger partial charge on any atom is -0.506 e. The van der Waals surface area contributed by atoms with Crippen LogP contribution in [0.25, 0.3) is 0 Å². The van der Waals surface area contributed by atoms with E-state index in [0.717, 1.165) is 32.1 Å². The summed E-state index contributed by atoms with van der Waals surface area (Å²) in [6.07, 6.45) is 4.57. The first-order valence-electron chi connectivity index (χ1n) is 15.1. The third-order valence-corrected chi connectivity index (χ3v) is 10.8. The Labute approximate surface area is 244 Å². The molecule has 2 aliphatic heterocycles. The molecule has 8 nitrogen and oxygen atoms in total. The zero-order valence-corrected chi connectivity index (χ0v) is 25.9. The van der Waals surface area contributed by atoms with E-state index < -0.39 is 19.0 Å². The van der Waals surface area contributed by atoms with E-state index in [4.69, 9.17) is 28.0 Å². The third kappa shape index (κ3) is 6.18. The van der Waals surface area contributed by atoms with E-state index in [2.05, 4.69) is 26.0 Å². The van der Waals surface area contributed by atoms with Gasteiger partial charge in [0.25, 0.3) is 0 Å². The maximum Gasteiger partial charge on any atom is 0.368 e. The van der Waals surface area contributed by atoms with Crippen molar-refractivity contribution in [1.29, 1.82) is 0 Å². The van der Waals surface area contributed by atoms with E-state index in [-0.39, 0.29) is 48.0 Å². The molecule has 9 heteroatoms. The van der Waals surface area contributed by atoms with Crippen molar-refractivity contribution in [2.24, 2.45) is 5.92 Å². The van der Waals surface area contributed by atoms with Crippen LogP contribution in [0.3, 0.4) is 0 Å². The molecule has 3 aliphatic rings. The summed E-state index contributed by atoms with van der Waals surface area (Å²) < 4.78 is 51.0. The summed E-state index contributed by atoms with van der Waals surface area (Å²) >= 11 is 0. The Morgan fingerprint density at radius 3 is 2.44 bits per heavy atom. The second-order valence-corrected chi connectivity index (χ2v) is 13.9. The molecule has 2 aromatic rings. The van der Waals surface area contributed by atoms with Crippen LogP contribution >= 0.6 is 7.60 Å². The predicted octanol–water partition coefficient (Wildman–Crippen LogP) is 6.87. The number of rotatable bonds is 11. The lowest BCUT2D eigenvalue weighted by Crippen LogP contribution is -2.51. The molecule has 0 bridgehead atoms. The Balaban J connectivity index is 1.52. The summed E-state index contributed by atoms with van der Waals surface area (Å²) in [6.45, 7) is 11.1. The van der Waals surface area contributed by atoms with Gasteiger partial charge in [-0.15, -0.1) is 0 Å². The maximum atomic E-state index is 14.3. The van der Waals surface area contributed by atoms with Gasteiger partial charge < -0.3 is 33.1 Å². The highest BCUT2D eigenvalue weighted by Gasteiger charge is 2.55. The minimum atomic E-state index is -3.93. The van der Waals surface area contributed by atoms with Gasteiger partial charge in [-0.2, -0.15) is 0 Å². The van der Waals surface area contributed by atoms with Gasteiger partial charge in [-0.05, 0) is 65.9 Å². The van der Waals surface area contributed by atoms with E-state index in [1.807, 2.05) is 25.1 Å². The molecule has 1 saturated carbocycles. The summed E-state index contributed by atoms with van der Waals surface area (Å²) in [5.41, 5.74) is 1.38. The van der Waals surface area contributed by atoms with Crippen molar-refractivity contribution in [2.75, 3.05) is 26.4 Å². The normalized spacial score (nSPS) is 23.4. The van der Waals surface area contributed by atoms with Gasteiger partial charge in [-0.3, -0.25) is 4.57 Å². The molecule has 2 heterocycles. The van der Waals surface area contributed by atoms with Crippen molar-refractivity contribution >= 4 is 12.9 Å². The van der Waals surface area contributed by atoms with Gasteiger partial charge in [0.15, 0.2) is 5.79 Å². The van der Waals surface area contributed by atoms with Crippen LogP contribution < -0.4 is 14.8 Å². The van der Waals surface area contributed by atoms with Crippen LogP contribution in [0.15, 0.2) is 36.4 Å². The number of phenolic OH excluding ortho intramolecular Hbond substituents is 1. The number of aryl methyl sites for hydroxylation is 1. The molecule has 0 amide bonds. The second-order valence-electron chi connectivity index (χ2n) is 11.9. The fourth-order valence-corrected chi connectivity index (χ4v) is 8.63. The highest BCUT2D eigenvalue weighted by Crippen LogP contribution is 2.61. The van der Waals surface area contributed by atoms with E-state index >= 15 is 0 Å². The molecular formula is C32H45O8P. The monoisotopic (exact) mass is 588 g/mol. The zero-order valence-electron chi connectivity index (χ0n) is 25.0. The largest absolute Gasteiger partial charge is 0.506 e. The van der Waals surface area contributed by atoms with Crippen LogP contribution in [0.5, 0.6) is 17.2 Å². The number of phenols is 1. The summed E-state index contributed by atoms with van der Waals surface area (Å²) in [4.78, 5) is 0. The fraction of sp³-hybridized carbons (Fsp3) is 0.625. The van der Waals surface area contributed by atoms with Crippen molar-refractivity contribution in [3.8, 4) is 17.2 Å². The second kappa shape index (κ2) is 12.3. The Hall–Kier alpha value is -2.09. The van der Waals surface area contributed by atoms with Gasteiger partial charge in [0.05, 0.1) is 32.5 Å². The van der Waals surface area contributed by atoms with Crippen molar-refractivity contribution in [1.82, 2.24) is 0 Å². The zero-order chi connectivity index (χ0) is 29.3. The summed E-state index contributed by atoms with van der Waals surface area (Å²) in [6, 6.07) is 12.1. The lowest BCUT2D eigenvalue weighted by atomic mass is 9.65. The molecule has 0 radical (unpaired) electrons. The Morgan fingerprint density at radius 1 is 1.10 bits per heavy atom. The smallest absolute Gasteiger partial charge is 0.368 e. The van der Waals surface area contributed by atoms with Crippen LogP contribution in [-0.4, -0.2) is 49.0 Å². The van der Waals surface area contributed by atoms with Gasteiger partial charge in [0.1, 0.15) is 28.2 Å². The SMILES string of the molecule is CCOP(=O)(OCC)c1c(OC(C)CCCc2ccccc2)cc2c(c1O)[C@@H]1CC3(CC[C@H]1C(C)(C)O2)OCCO3. The quantitative estimate of drug-likeness (QED) is 0.284. The van der Waals surface area contributed by atoms with Crippen molar-refractivity contribution in [3.05, 3.63) is 47.5 Å². The van der Waals surface area contributed by atoms with Crippen LogP contribution in [0, 0.1) is 5.92 Å². The molecule has 2 aromatic carbocycles. The van der Waals surface area contributed by atoms with E-state index in [0.29, 0.717) is 30.9 Å². The summed E-state index contributed by atoms with van der Waals surface area (Å²) in [5.74, 6) is -0.0437. The summed E-state index contributed by atoms with van der Waals surface area (Å²) in [7, 11) is -3.93. The maximum absolute atomic E-state index is 14.3. The first kappa shape index (κ1) is 30.4. The van der Waals surface area contributed by atoms with Crippen molar-refractivity contribution in [2.45, 2.75) is 96.6 Å². The van der Waals surface area contributed by atoms with Gasteiger partial charge in [-0.25, -0.2) is 0 Å². The summed E-state index contributed by atoms with van der Waals surface area (Å²) in [5, 5.41) is 12.1. The molecule has 3 atom stereocenters. The van der Waals surface area contributed by atoms with Crippen molar-refractivity contribution < 1.29 is 37.7 Å². The highest BCUT2D eigenvalue weighted by atomic mass is 31.2. The van der Waals surface area contributed by atoms with Crippen molar-refractivity contribution in [3.63, 3.8) is 0 Å². The van der Waals surface area contributed by atoms with Crippen LogP contribution in [-0.2, 0) is 29.5 Å². The molecule has 1 spiro atoms. The lowest BCUT2D eigenvalue weighted by Gasteiger charge is -2.51. The highest BCUT2D eigenvalue weighted by molar-refractivity contribution is 7.62. The number of hydrogen-bond donors (Lipinski definition) is 1. The minimum absolute atomic E-state index is 0.0739. The van der Waals surface area contributed by atoms with E-state index in [1.165, 1.54) is 5.56 Å². The fourth-order valence-electron chi connectivity index (χ4n) is 6.85. The average molecular weight is 589 g/mol. The van der Waals surface area contributed by atoms with Gasteiger partial charge in [-0.1, -0.05) is 30.3 Å². The van der Waals surface area contributed by atoms with Gasteiger partial charge >= 0.3 is 7.60 Å². The first-order chi connectivity index (χ1) is 19.6. The molecule has 1 aliphatic carbocycles. The van der Waals surface area contributed by atoms with Crippen LogP contribution in [0.1, 0.15) is 83.8 Å². The van der Waals surface area contributed by atoms with Crippen LogP contribution in [0.4, 0.5) is 0 Å². The Bertz CT molecular complexity index is 1230. The van der Waals surface area contributed by atoms with E-state index in [9.17, 15) is 9.67 Å². The number of fused-ring (bicyclic) bond motifs is 3. The Kier molecular flexibility index (Phi) is 9.08. The number of aromatic hydroxyl groups is 1.